The van der Waals surface area contributed by atoms with E-state index in [2.05, 4.69) is 15.0 Å². The second-order valence-electron chi connectivity index (χ2n) is 4.51. The zero-order chi connectivity index (χ0) is 14.3. The van der Waals surface area contributed by atoms with Gasteiger partial charge in [0, 0.05) is 46.3 Å². The molecule has 112 valence electrons. The van der Waals surface area contributed by atoms with E-state index in [1.807, 2.05) is 0 Å². The Morgan fingerprint density at radius 3 is 2.58 bits per heavy atom. The van der Waals surface area contributed by atoms with Crippen LogP contribution in [0, 0.1) is 0 Å². The molecule has 0 radical (unpaired) electrons. The van der Waals surface area contributed by atoms with Crippen LogP contribution in [0.3, 0.4) is 0 Å². The van der Waals surface area contributed by atoms with E-state index >= 15 is 0 Å². The van der Waals surface area contributed by atoms with Crippen LogP contribution < -0.4 is 5.32 Å². The van der Waals surface area contributed by atoms with Crippen molar-refractivity contribution in [3.63, 3.8) is 0 Å². The Hall–Kier alpha value is -0.860. The van der Waals surface area contributed by atoms with Gasteiger partial charge in [0.05, 0.1) is 0 Å². The van der Waals surface area contributed by atoms with Gasteiger partial charge in [-0.3, -0.25) is 9.69 Å². The summed E-state index contributed by atoms with van der Waals surface area (Å²) in [7, 11) is 1.57. The van der Waals surface area contributed by atoms with Crippen LogP contribution in [0.2, 0.25) is 0 Å². The maximum absolute atomic E-state index is 11.8. The molecule has 1 N–H and O–H groups in total. The van der Waals surface area contributed by atoms with Crippen molar-refractivity contribution in [2.45, 2.75) is 6.18 Å². The van der Waals surface area contributed by atoms with Gasteiger partial charge < -0.3 is 15.0 Å². The van der Waals surface area contributed by atoms with E-state index in [0.717, 1.165) is 32.7 Å². The van der Waals surface area contributed by atoms with Gasteiger partial charge in [-0.05, 0) is 0 Å². The van der Waals surface area contributed by atoms with E-state index in [1.54, 1.807) is 7.05 Å². The standard InChI is InChI=1S/C11H20F3N3O2/c1-16(6-7-17-4-2-15-3-5-17)10(18)8-19-9-11(12,13)14/h15H,2-9H2,1H3. The first-order chi connectivity index (χ1) is 8.88. The Morgan fingerprint density at radius 1 is 1.37 bits per heavy atom. The van der Waals surface area contributed by atoms with E-state index in [1.165, 1.54) is 4.90 Å². The molecular weight excluding hydrogens is 263 g/mol. The van der Waals surface area contributed by atoms with Crippen molar-refractivity contribution < 1.29 is 22.7 Å². The average Bonchev–Trinajstić information content (AvgIpc) is 2.35. The molecule has 1 heterocycles. The van der Waals surface area contributed by atoms with Crippen LogP contribution in [0.4, 0.5) is 13.2 Å². The Bertz CT molecular complexity index is 281. The Morgan fingerprint density at radius 2 is 2.00 bits per heavy atom. The molecule has 1 aliphatic rings. The van der Waals surface area contributed by atoms with E-state index in [0.29, 0.717) is 6.54 Å². The van der Waals surface area contributed by atoms with E-state index in [9.17, 15) is 18.0 Å². The molecule has 0 saturated carbocycles. The number of amides is 1. The average molecular weight is 283 g/mol. The highest BCUT2D eigenvalue weighted by molar-refractivity contribution is 5.77. The highest BCUT2D eigenvalue weighted by Crippen LogP contribution is 2.14. The molecule has 19 heavy (non-hydrogen) atoms. The first-order valence-electron chi connectivity index (χ1n) is 6.20. The third-order valence-corrected chi connectivity index (χ3v) is 2.88. The number of alkyl halides is 3. The first-order valence-corrected chi connectivity index (χ1v) is 6.20. The Balaban J connectivity index is 2.13. The van der Waals surface area contributed by atoms with Gasteiger partial charge in [0.2, 0.25) is 5.91 Å². The second-order valence-corrected chi connectivity index (χ2v) is 4.51. The van der Waals surface area contributed by atoms with E-state index < -0.39 is 25.3 Å². The highest BCUT2D eigenvalue weighted by Gasteiger charge is 2.28. The van der Waals surface area contributed by atoms with Crippen molar-refractivity contribution in [1.82, 2.24) is 15.1 Å². The summed E-state index contributed by atoms with van der Waals surface area (Å²) in [4.78, 5) is 15.1. The maximum Gasteiger partial charge on any atom is 0.411 e. The third kappa shape index (κ3) is 7.34. The molecule has 1 aliphatic heterocycles. The van der Waals surface area contributed by atoms with Crippen molar-refractivity contribution in [1.29, 1.82) is 0 Å². The summed E-state index contributed by atoms with van der Waals surface area (Å²) in [5.74, 6) is -0.431. The number of carbonyl (C=O) groups excluding carboxylic acids is 1. The van der Waals surface area contributed by atoms with Crippen LogP contribution in [-0.4, -0.2) is 81.4 Å². The van der Waals surface area contributed by atoms with Gasteiger partial charge in [-0.25, -0.2) is 0 Å². The van der Waals surface area contributed by atoms with Crippen LogP contribution >= 0.6 is 0 Å². The molecule has 0 spiro atoms. The number of nitrogens with one attached hydrogen (secondary N) is 1. The quantitative estimate of drug-likeness (QED) is 0.741. The lowest BCUT2D eigenvalue weighted by molar-refractivity contribution is -0.177. The first kappa shape index (κ1) is 16.2. The number of carbonyl (C=O) groups is 1. The Kier molecular flexibility index (Phi) is 6.53. The normalized spacial score (nSPS) is 17.5. The van der Waals surface area contributed by atoms with Crippen molar-refractivity contribution >= 4 is 5.91 Å². The minimum atomic E-state index is -4.39. The fourth-order valence-corrected chi connectivity index (χ4v) is 1.72. The van der Waals surface area contributed by atoms with Crippen molar-refractivity contribution in [2.24, 2.45) is 0 Å². The zero-order valence-corrected chi connectivity index (χ0v) is 11.0. The molecule has 1 rings (SSSR count). The molecule has 0 bridgehead atoms. The van der Waals surface area contributed by atoms with E-state index in [-0.39, 0.29) is 0 Å². The lowest BCUT2D eigenvalue weighted by Crippen LogP contribution is -2.46. The van der Waals surface area contributed by atoms with Gasteiger partial charge in [-0.1, -0.05) is 0 Å². The fourth-order valence-electron chi connectivity index (χ4n) is 1.72. The number of hydrogen-bond donors (Lipinski definition) is 1. The number of hydrogen-bond acceptors (Lipinski definition) is 4. The summed E-state index contributed by atoms with van der Waals surface area (Å²) in [6.45, 7) is 3.00. The Labute approximate surface area is 110 Å². The monoisotopic (exact) mass is 283 g/mol. The molecule has 1 fully saturated rings. The van der Waals surface area contributed by atoms with Crippen LogP contribution in [0.1, 0.15) is 0 Å². The number of piperazine rings is 1. The van der Waals surface area contributed by atoms with Gasteiger partial charge in [0.15, 0.2) is 0 Å². The molecule has 0 atom stereocenters. The third-order valence-electron chi connectivity index (χ3n) is 2.88. The topological polar surface area (TPSA) is 44.8 Å². The van der Waals surface area contributed by atoms with Gasteiger partial charge in [0.25, 0.3) is 0 Å². The summed E-state index contributed by atoms with van der Waals surface area (Å²) < 4.78 is 39.8. The number of nitrogens with zero attached hydrogens (tertiary/aromatic N) is 2. The second kappa shape index (κ2) is 7.66. The summed E-state index contributed by atoms with van der Waals surface area (Å²) in [6.07, 6.45) is -4.39. The molecule has 0 aromatic heterocycles. The smallest absolute Gasteiger partial charge is 0.362 e. The van der Waals surface area contributed by atoms with Crippen LogP contribution in [0.5, 0.6) is 0 Å². The molecule has 0 aliphatic carbocycles. The van der Waals surface area contributed by atoms with Crippen LogP contribution in [-0.2, 0) is 9.53 Å². The van der Waals surface area contributed by atoms with Gasteiger partial charge in [-0.2, -0.15) is 13.2 Å². The molecule has 8 heteroatoms. The SMILES string of the molecule is CN(CCN1CCNCC1)C(=O)COCC(F)(F)F. The molecule has 0 unspecified atom stereocenters. The van der Waals surface area contributed by atoms with Crippen molar-refractivity contribution in [3.8, 4) is 0 Å². The fraction of sp³-hybridized carbons (Fsp3) is 0.909. The van der Waals surface area contributed by atoms with Gasteiger partial charge in [-0.15, -0.1) is 0 Å². The van der Waals surface area contributed by atoms with Gasteiger partial charge in [0.1, 0.15) is 13.2 Å². The molecule has 1 saturated heterocycles. The minimum absolute atomic E-state index is 0.431. The highest BCUT2D eigenvalue weighted by atomic mass is 19.4. The molecule has 0 aromatic carbocycles. The molecule has 0 aromatic rings. The maximum atomic E-state index is 11.8. The van der Waals surface area contributed by atoms with E-state index in [4.69, 9.17) is 0 Å². The predicted molar refractivity (Wildman–Crippen MR) is 63.8 cm³/mol. The van der Waals surface area contributed by atoms with Crippen molar-refractivity contribution in [3.05, 3.63) is 0 Å². The summed E-state index contributed by atoms with van der Waals surface area (Å²) in [6, 6.07) is 0. The molecule has 1 amide bonds. The number of ether oxygens (including phenoxy) is 1. The van der Waals surface area contributed by atoms with Crippen molar-refractivity contribution in [2.75, 3.05) is 59.5 Å². The molecule has 5 nitrogen and oxygen atoms in total. The number of likely N-dealkylation sites (N-methyl/N-ethyl adjacent to an activating group) is 1. The van der Waals surface area contributed by atoms with Crippen LogP contribution in [0.15, 0.2) is 0 Å². The predicted octanol–water partition coefficient (Wildman–Crippen LogP) is -0.0711. The summed E-state index contributed by atoms with van der Waals surface area (Å²) in [5, 5.41) is 3.22. The summed E-state index contributed by atoms with van der Waals surface area (Å²) in [5.41, 5.74) is 0. The number of halogens is 3. The summed E-state index contributed by atoms with van der Waals surface area (Å²) >= 11 is 0. The lowest BCUT2D eigenvalue weighted by Gasteiger charge is -2.29. The largest absolute Gasteiger partial charge is 0.411 e. The van der Waals surface area contributed by atoms with Gasteiger partial charge >= 0.3 is 6.18 Å². The zero-order valence-electron chi connectivity index (χ0n) is 11.0. The van der Waals surface area contributed by atoms with Crippen LogP contribution in [0.25, 0.3) is 0 Å². The lowest BCUT2D eigenvalue weighted by atomic mass is 10.3. The molecular formula is C11H20F3N3O2. The number of rotatable bonds is 6. The minimum Gasteiger partial charge on any atom is -0.362 e.